The van der Waals surface area contributed by atoms with Crippen molar-refractivity contribution in [2.45, 2.75) is 137 Å². The van der Waals surface area contributed by atoms with Crippen LogP contribution in [0, 0.1) is 56.7 Å². The number of nitrogens with one attached hydrogen (secondary N) is 1. The van der Waals surface area contributed by atoms with Crippen LogP contribution in [-0.4, -0.2) is 96.2 Å². The van der Waals surface area contributed by atoms with Gasteiger partial charge in [0.1, 0.15) is 18.8 Å². The Morgan fingerprint density at radius 2 is 1.67 bits per heavy atom. The van der Waals surface area contributed by atoms with E-state index in [1.807, 2.05) is 0 Å². The fraction of sp³-hybridized carbons (Fsp3) is 0.923. The standard InChI is InChI=1S/C39H61N3O7/c1-22(2)30(49-33(45)41-16-8-17-41)24-19-23(3)29-31(47-24)32(44)37(7)26-10-9-25-35(4,5)27(48-34(46)42-18-15-40-28(43)20-42)11-12-38(25)21-39(26,38)14-13-36(29,37)6/h22-27,29-32,44H,8-21H2,1-7H3,(H,40,43)/t23-,24-,25+,26+,27+,29+,30-,31+,32+,36-,37-,38-,39+/m1/s1. The highest BCUT2D eigenvalue weighted by atomic mass is 16.6. The number of nitrogens with zero attached hydrogens (tertiary/aromatic N) is 2. The third-order valence-corrected chi connectivity index (χ3v) is 16.7. The van der Waals surface area contributed by atoms with E-state index in [2.05, 4.69) is 53.8 Å². The summed E-state index contributed by atoms with van der Waals surface area (Å²) < 4.78 is 19.4. The zero-order chi connectivity index (χ0) is 34.9. The van der Waals surface area contributed by atoms with Crippen LogP contribution >= 0.6 is 0 Å². The second-order valence-electron chi connectivity index (χ2n) is 19.1. The molecule has 0 aromatic heterocycles. The van der Waals surface area contributed by atoms with Crippen molar-refractivity contribution in [1.29, 1.82) is 0 Å². The van der Waals surface area contributed by atoms with Crippen molar-refractivity contribution in [2.24, 2.45) is 56.7 Å². The maximum atomic E-state index is 13.2. The molecule has 8 aliphatic rings. The minimum Gasteiger partial charge on any atom is -0.446 e. The van der Waals surface area contributed by atoms with E-state index in [0.29, 0.717) is 30.8 Å². The number of fused-ring (bicyclic) bond motifs is 4. The molecule has 2 N–H and O–H groups in total. The summed E-state index contributed by atoms with van der Waals surface area (Å²) in [6, 6.07) is 0. The highest BCUT2D eigenvalue weighted by Crippen LogP contribution is 2.89. The van der Waals surface area contributed by atoms with Gasteiger partial charge >= 0.3 is 12.2 Å². The van der Waals surface area contributed by atoms with Gasteiger partial charge in [-0.3, -0.25) is 9.69 Å². The molecule has 5 aliphatic carbocycles. The molecule has 0 radical (unpaired) electrons. The number of carbonyl (C=O) groups is 3. The Kier molecular flexibility index (Phi) is 7.79. The predicted molar refractivity (Wildman–Crippen MR) is 182 cm³/mol. The van der Waals surface area contributed by atoms with Crippen LogP contribution in [0.15, 0.2) is 0 Å². The molecule has 0 aromatic carbocycles. The van der Waals surface area contributed by atoms with Gasteiger partial charge in [-0.25, -0.2) is 9.59 Å². The first-order valence-electron chi connectivity index (χ1n) is 19.6. The lowest BCUT2D eigenvalue weighted by atomic mass is 9.41. The molecule has 0 bridgehead atoms. The molecule has 8 fully saturated rings. The molecule has 10 nitrogen and oxygen atoms in total. The number of aliphatic hydroxyl groups is 1. The molecular weight excluding hydrogens is 622 g/mol. The van der Waals surface area contributed by atoms with Crippen molar-refractivity contribution in [3.63, 3.8) is 0 Å². The molecule has 8 rings (SSSR count). The van der Waals surface area contributed by atoms with Crippen LogP contribution in [0.2, 0.25) is 0 Å². The number of carbonyl (C=O) groups excluding carboxylic acids is 3. The van der Waals surface area contributed by atoms with Crippen LogP contribution in [0.4, 0.5) is 9.59 Å². The third kappa shape index (κ3) is 4.53. The Balaban J connectivity index is 1.02. The largest absolute Gasteiger partial charge is 0.446 e. The lowest BCUT2D eigenvalue weighted by Crippen LogP contribution is -2.60. The molecule has 0 aromatic rings. The summed E-state index contributed by atoms with van der Waals surface area (Å²) in [6.45, 7) is 18.6. The number of piperazine rings is 1. The molecule has 0 unspecified atom stereocenters. The zero-order valence-corrected chi connectivity index (χ0v) is 31.0. The highest BCUT2D eigenvalue weighted by molar-refractivity contribution is 5.83. The van der Waals surface area contributed by atoms with Crippen molar-refractivity contribution in [1.82, 2.24) is 15.1 Å². The summed E-state index contributed by atoms with van der Waals surface area (Å²) in [4.78, 5) is 41.4. The Morgan fingerprint density at radius 3 is 2.35 bits per heavy atom. The van der Waals surface area contributed by atoms with Crippen molar-refractivity contribution < 1.29 is 33.7 Å². The van der Waals surface area contributed by atoms with Gasteiger partial charge in [-0.2, -0.15) is 0 Å². The summed E-state index contributed by atoms with van der Waals surface area (Å²) in [5, 5.41) is 15.4. The fourth-order valence-corrected chi connectivity index (χ4v) is 14.1. The molecule has 3 heterocycles. The van der Waals surface area contributed by atoms with E-state index < -0.39 is 6.10 Å². The van der Waals surface area contributed by atoms with E-state index in [9.17, 15) is 19.5 Å². The van der Waals surface area contributed by atoms with Gasteiger partial charge in [0.05, 0.1) is 18.3 Å². The Hall–Kier alpha value is -2.07. The first-order valence-corrected chi connectivity index (χ1v) is 19.6. The predicted octanol–water partition coefficient (Wildman–Crippen LogP) is 5.60. The summed E-state index contributed by atoms with van der Waals surface area (Å²) in [7, 11) is 0. The van der Waals surface area contributed by atoms with Gasteiger partial charge in [0, 0.05) is 37.0 Å². The molecule has 10 heteroatoms. The Bertz CT molecular complexity index is 1380. The van der Waals surface area contributed by atoms with E-state index in [1.165, 1.54) is 12.8 Å². The number of amides is 3. The van der Waals surface area contributed by atoms with Gasteiger partial charge in [-0.15, -0.1) is 0 Å². The van der Waals surface area contributed by atoms with Crippen molar-refractivity contribution in [3.05, 3.63) is 0 Å². The molecule has 274 valence electrons. The van der Waals surface area contributed by atoms with Gasteiger partial charge in [0.15, 0.2) is 0 Å². The second-order valence-corrected chi connectivity index (χ2v) is 19.1. The number of hydrogen-bond acceptors (Lipinski definition) is 7. The van der Waals surface area contributed by atoms with Crippen LogP contribution in [0.1, 0.15) is 106 Å². The molecular formula is C39H61N3O7. The normalized spacial score (nSPS) is 48.5. The highest BCUT2D eigenvalue weighted by Gasteiger charge is 2.84. The van der Waals surface area contributed by atoms with E-state index in [0.717, 1.165) is 58.0 Å². The molecule has 13 atom stereocenters. The second kappa shape index (κ2) is 11.2. The molecule has 3 saturated heterocycles. The van der Waals surface area contributed by atoms with Crippen LogP contribution in [0.25, 0.3) is 0 Å². The third-order valence-electron chi connectivity index (χ3n) is 16.7. The van der Waals surface area contributed by atoms with Crippen LogP contribution < -0.4 is 5.32 Å². The van der Waals surface area contributed by atoms with Crippen LogP contribution in [-0.2, 0) is 19.0 Å². The number of ether oxygens (including phenoxy) is 3. The minimum absolute atomic E-state index is 0.0430. The van der Waals surface area contributed by atoms with Crippen molar-refractivity contribution >= 4 is 18.1 Å². The molecule has 3 aliphatic heterocycles. The lowest BCUT2D eigenvalue weighted by Gasteiger charge is -2.63. The number of likely N-dealkylation sites (tertiary alicyclic amines) is 1. The van der Waals surface area contributed by atoms with E-state index in [1.54, 1.807) is 9.80 Å². The number of rotatable bonds is 4. The molecule has 2 spiro atoms. The van der Waals surface area contributed by atoms with E-state index in [4.69, 9.17) is 14.2 Å². The van der Waals surface area contributed by atoms with Gasteiger partial charge in [0.2, 0.25) is 5.91 Å². The Labute approximate surface area is 292 Å². The average molecular weight is 684 g/mol. The van der Waals surface area contributed by atoms with Gasteiger partial charge in [-0.05, 0) is 104 Å². The van der Waals surface area contributed by atoms with Gasteiger partial charge in [-0.1, -0.05) is 48.5 Å². The minimum atomic E-state index is -0.574. The summed E-state index contributed by atoms with van der Waals surface area (Å²) in [6.07, 6.45) is 7.27. The first-order chi connectivity index (χ1) is 23.1. The van der Waals surface area contributed by atoms with Crippen LogP contribution in [0.5, 0.6) is 0 Å². The number of aliphatic hydroxyl groups excluding tert-OH is 1. The van der Waals surface area contributed by atoms with Crippen molar-refractivity contribution in [2.75, 3.05) is 32.7 Å². The van der Waals surface area contributed by atoms with Gasteiger partial charge < -0.3 is 29.5 Å². The Morgan fingerprint density at radius 1 is 0.959 bits per heavy atom. The first kappa shape index (κ1) is 34.0. The van der Waals surface area contributed by atoms with E-state index >= 15 is 0 Å². The van der Waals surface area contributed by atoms with Crippen molar-refractivity contribution in [3.8, 4) is 0 Å². The quantitative estimate of drug-likeness (QED) is 0.396. The van der Waals surface area contributed by atoms with Gasteiger partial charge in [0.25, 0.3) is 0 Å². The number of hydrogen-bond donors (Lipinski definition) is 2. The summed E-state index contributed by atoms with van der Waals surface area (Å²) in [5.41, 5.74) is -0.0744. The molecule has 49 heavy (non-hydrogen) atoms. The topological polar surface area (TPSA) is 118 Å². The van der Waals surface area contributed by atoms with E-state index in [-0.39, 0.29) is 88.0 Å². The average Bonchev–Trinajstić information content (AvgIpc) is 3.65. The smallest absolute Gasteiger partial charge is 0.410 e. The zero-order valence-electron chi connectivity index (χ0n) is 31.0. The molecule has 5 saturated carbocycles. The monoisotopic (exact) mass is 683 g/mol. The summed E-state index contributed by atoms with van der Waals surface area (Å²) in [5.74, 6) is 1.47. The molecule has 3 amide bonds. The maximum Gasteiger partial charge on any atom is 0.410 e. The maximum absolute atomic E-state index is 13.2. The fourth-order valence-electron chi connectivity index (χ4n) is 14.1. The van der Waals surface area contributed by atoms with Crippen LogP contribution in [0.3, 0.4) is 0 Å². The summed E-state index contributed by atoms with van der Waals surface area (Å²) >= 11 is 0. The lowest BCUT2D eigenvalue weighted by molar-refractivity contribution is -0.185. The SMILES string of the molecule is CC(C)[C@@H](OC(=O)N1CCC1)[C@H]1C[C@@H](C)[C@H]2[C@H](O1)[C@H](O)[C@@]1(C)[C@@H]3CC[C@H]4C(C)(C)[C@@H](OC(=O)N5CCNC(=O)C5)CC[C@@]45C[C@@]35CC[C@]21C.